The van der Waals surface area contributed by atoms with Gasteiger partial charge in [0.2, 0.25) is 5.91 Å². The lowest BCUT2D eigenvalue weighted by atomic mass is 9.99. The molecule has 182 valence electrons. The first kappa shape index (κ1) is 26.0. The second kappa shape index (κ2) is 11.2. The summed E-state index contributed by atoms with van der Waals surface area (Å²) in [5.74, 6) is -0.581. The van der Waals surface area contributed by atoms with Crippen molar-refractivity contribution in [2.75, 3.05) is 7.11 Å². The Morgan fingerprint density at radius 3 is 2.21 bits per heavy atom. The van der Waals surface area contributed by atoms with Crippen molar-refractivity contribution in [2.24, 2.45) is 0 Å². The number of rotatable bonds is 11. The Morgan fingerprint density at radius 2 is 1.74 bits per heavy atom. The average Bonchev–Trinajstić information content (AvgIpc) is 3.60. The molecule has 10 heteroatoms. The lowest BCUT2D eigenvalue weighted by molar-refractivity contribution is -0.161. The molecule has 0 aromatic heterocycles. The molecule has 1 amide bonds. The van der Waals surface area contributed by atoms with Gasteiger partial charge in [-0.05, 0) is 48.1 Å². The van der Waals surface area contributed by atoms with E-state index < -0.39 is 29.7 Å². The largest absolute Gasteiger partial charge is 0.407 e. The first-order valence-corrected chi connectivity index (χ1v) is 11.6. The molecule has 0 saturated heterocycles. The Labute approximate surface area is 201 Å². The maximum atomic E-state index is 14.0. The van der Waals surface area contributed by atoms with E-state index in [1.807, 2.05) is 30.3 Å². The van der Waals surface area contributed by atoms with E-state index in [2.05, 4.69) is 15.5 Å². The number of amides is 1. The summed E-state index contributed by atoms with van der Waals surface area (Å²) >= 11 is 1.05. The highest BCUT2D eigenvalue weighted by Gasteiger charge is 2.47. The number of nitrogens with zero attached hydrogens (tertiary/aromatic N) is 1. The number of hydrogen-bond acceptors (Lipinski definition) is 6. The molecule has 0 radical (unpaired) electrons. The molecule has 1 aliphatic carbocycles. The minimum atomic E-state index is -4.61. The maximum absolute atomic E-state index is 14.0. The summed E-state index contributed by atoms with van der Waals surface area (Å²) in [5.41, 5.74) is 0.650. The summed E-state index contributed by atoms with van der Waals surface area (Å²) in [6.07, 6.45) is -2.86. The topological polar surface area (TPSA) is 83.4 Å². The zero-order chi connectivity index (χ0) is 24.8. The van der Waals surface area contributed by atoms with Gasteiger partial charge in [0.05, 0.1) is 31.3 Å². The third kappa shape index (κ3) is 6.73. The third-order valence-corrected chi connectivity index (χ3v) is 6.21. The standard InChI is InChI=1S/C24H26F3N3O3S/c1-3-4-20(22(31)30-23(15-28)13-14-23)29-21(24(25,26)27)18-7-5-16(6-8-18)17-9-11-19(12-10-17)34-33-32-2/h5-12,20-21,29H,3-4,13-14H2,1-2H3,(H,30,31)/t20-,21-/m0/s1. The molecule has 2 aromatic carbocycles. The third-order valence-electron chi connectivity index (χ3n) is 5.55. The van der Waals surface area contributed by atoms with Crippen molar-refractivity contribution in [3.8, 4) is 17.2 Å². The molecule has 6 nitrogen and oxygen atoms in total. The molecule has 0 heterocycles. The molecule has 2 N–H and O–H groups in total. The summed E-state index contributed by atoms with van der Waals surface area (Å²) in [6, 6.07) is 12.3. The van der Waals surface area contributed by atoms with Gasteiger partial charge in [0.25, 0.3) is 0 Å². The van der Waals surface area contributed by atoms with Crippen LogP contribution in [0.15, 0.2) is 53.4 Å². The van der Waals surface area contributed by atoms with E-state index in [4.69, 9.17) is 4.33 Å². The lowest BCUT2D eigenvalue weighted by Crippen LogP contribution is -2.51. The van der Waals surface area contributed by atoms with E-state index in [1.54, 1.807) is 19.1 Å². The fourth-order valence-corrected chi connectivity index (χ4v) is 3.91. The highest BCUT2D eigenvalue weighted by molar-refractivity contribution is 7.94. The van der Waals surface area contributed by atoms with Gasteiger partial charge in [0, 0.05) is 4.90 Å². The lowest BCUT2D eigenvalue weighted by Gasteiger charge is -2.28. The second-order valence-corrected chi connectivity index (χ2v) is 8.90. The SMILES string of the molecule is CCC[C@H](N[C@@H](c1ccc(-c2ccc(SOOC)cc2)cc1)C(F)(F)F)C(=O)NC1(C#N)CC1. The minimum absolute atomic E-state index is 0.00671. The van der Waals surface area contributed by atoms with E-state index in [1.165, 1.54) is 19.2 Å². The van der Waals surface area contributed by atoms with Crippen LogP contribution in [-0.4, -0.2) is 30.8 Å². The average molecular weight is 494 g/mol. The minimum Gasteiger partial charge on any atom is -0.336 e. The fraction of sp³-hybridized carbons (Fsp3) is 0.417. The van der Waals surface area contributed by atoms with Crippen LogP contribution < -0.4 is 10.6 Å². The first-order chi connectivity index (χ1) is 16.2. The predicted octanol–water partition coefficient (Wildman–Crippen LogP) is 5.47. The summed E-state index contributed by atoms with van der Waals surface area (Å²) in [7, 11) is 1.40. The van der Waals surface area contributed by atoms with Crippen LogP contribution in [0.5, 0.6) is 0 Å². The van der Waals surface area contributed by atoms with Crippen LogP contribution in [0, 0.1) is 11.3 Å². The number of alkyl halides is 3. The molecule has 1 fully saturated rings. The molecule has 0 bridgehead atoms. The number of hydrogen-bond donors (Lipinski definition) is 2. The first-order valence-electron chi connectivity index (χ1n) is 10.8. The van der Waals surface area contributed by atoms with Crippen molar-refractivity contribution in [1.29, 1.82) is 5.26 Å². The van der Waals surface area contributed by atoms with Crippen LogP contribution in [-0.2, 0) is 14.0 Å². The van der Waals surface area contributed by atoms with Crippen LogP contribution in [0.4, 0.5) is 13.2 Å². The van der Waals surface area contributed by atoms with E-state index in [0.717, 1.165) is 28.1 Å². The molecule has 0 spiro atoms. The van der Waals surface area contributed by atoms with Crippen LogP contribution in [0.1, 0.15) is 44.2 Å². The van der Waals surface area contributed by atoms with Crippen molar-refractivity contribution >= 4 is 17.9 Å². The molecule has 34 heavy (non-hydrogen) atoms. The Balaban J connectivity index is 1.76. The van der Waals surface area contributed by atoms with Crippen molar-refractivity contribution < 1.29 is 27.2 Å². The van der Waals surface area contributed by atoms with E-state index in [0.29, 0.717) is 19.3 Å². The fourth-order valence-electron chi connectivity index (χ4n) is 3.52. The predicted molar refractivity (Wildman–Crippen MR) is 122 cm³/mol. The normalized spacial score (nSPS) is 16.4. The van der Waals surface area contributed by atoms with Gasteiger partial charge in [-0.1, -0.05) is 49.7 Å². The van der Waals surface area contributed by atoms with E-state index in [-0.39, 0.29) is 12.0 Å². The molecule has 2 atom stereocenters. The molecule has 3 rings (SSSR count). The van der Waals surface area contributed by atoms with Crippen molar-refractivity contribution in [3.05, 3.63) is 54.1 Å². The Bertz CT molecular complexity index is 1000. The number of carbonyl (C=O) groups excluding carboxylic acids is 1. The van der Waals surface area contributed by atoms with Gasteiger partial charge in [-0.25, -0.2) is 4.89 Å². The monoisotopic (exact) mass is 493 g/mol. The van der Waals surface area contributed by atoms with Gasteiger partial charge >= 0.3 is 6.18 Å². The van der Waals surface area contributed by atoms with Crippen LogP contribution in [0.3, 0.4) is 0 Å². The van der Waals surface area contributed by atoms with E-state index in [9.17, 15) is 23.2 Å². The van der Waals surface area contributed by atoms with E-state index >= 15 is 0 Å². The zero-order valence-electron chi connectivity index (χ0n) is 18.8. The highest BCUT2D eigenvalue weighted by Crippen LogP contribution is 2.36. The summed E-state index contributed by atoms with van der Waals surface area (Å²) in [5, 5.41) is 14.3. The molecule has 0 unspecified atom stereocenters. The summed E-state index contributed by atoms with van der Waals surface area (Å²) in [4.78, 5) is 18.0. The molecule has 2 aromatic rings. The number of carbonyl (C=O) groups is 1. The Hall–Kier alpha value is -2.58. The van der Waals surface area contributed by atoms with Crippen molar-refractivity contribution in [2.45, 2.75) is 61.3 Å². The second-order valence-electron chi connectivity index (χ2n) is 8.13. The number of halogens is 3. The Kier molecular flexibility index (Phi) is 8.60. The van der Waals surface area contributed by atoms with Crippen molar-refractivity contribution in [3.63, 3.8) is 0 Å². The van der Waals surface area contributed by atoms with Crippen molar-refractivity contribution in [1.82, 2.24) is 10.6 Å². The smallest absolute Gasteiger partial charge is 0.336 e. The van der Waals surface area contributed by atoms with Crippen LogP contribution in [0.2, 0.25) is 0 Å². The molecule has 1 aliphatic rings. The molecule has 1 saturated carbocycles. The van der Waals surface area contributed by atoms with Gasteiger partial charge < -0.3 is 5.32 Å². The molecular weight excluding hydrogens is 467 g/mol. The van der Waals surface area contributed by atoms with Gasteiger partial charge in [-0.2, -0.15) is 22.8 Å². The van der Waals surface area contributed by atoms with Gasteiger partial charge in [-0.3, -0.25) is 10.1 Å². The Morgan fingerprint density at radius 1 is 1.15 bits per heavy atom. The molecule has 0 aliphatic heterocycles. The van der Waals surface area contributed by atoms with Gasteiger partial charge in [-0.15, -0.1) is 0 Å². The van der Waals surface area contributed by atoms with Crippen LogP contribution in [0.25, 0.3) is 11.1 Å². The number of nitriles is 1. The molecular formula is C24H26F3N3O3S. The number of benzene rings is 2. The summed E-state index contributed by atoms with van der Waals surface area (Å²) < 4.78 is 46.8. The van der Waals surface area contributed by atoms with Gasteiger partial charge in [0.1, 0.15) is 11.6 Å². The highest BCUT2D eigenvalue weighted by atomic mass is 32.2. The number of nitrogens with one attached hydrogen (secondary N) is 2. The summed E-state index contributed by atoms with van der Waals surface area (Å²) in [6.45, 7) is 1.79. The van der Waals surface area contributed by atoms with Gasteiger partial charge in [0.15, 0.2) is 0 Å². The van der Waals surface area contributed by atoms with Crippen LogP contribution >= 0.6 is 12.0 Å². The maximum Gasteiger partial charge on any atom is 0.407 e. The quantitative estimate of drug-likeness (QED) is 0.245. The zero-order valence-corrected chi connectivity index (χ0v) is 19.6.